The van der Waals surface area contributed by atoms with Crippen LogP contribution in [0.5, 0.6) is 5.75 Å². The molecule has 5 heterocycles. The van der Waals surface area contributed by atoms with Crippen molar-refractivity contribution in [3.05, 3.63) is 60.8 Å². The van der Waals surface area contributed by atoms with Crippen LogP contribution in [0.4, 0.5) is 47.7 Å². The average molecular weight is 767 g/mol. The third-order valence-corrected chi connectivity index (χ3v) is 10.3. The van der Waals surface area contributed by atoms with Crippen LogP contribution < -0.4 is 25.0 Å². The zero-order valence-corrected chi connectivity index (χ0v) is 31.0. The van der Waals surface area contributed by atoms with E-state index in [0.717, 1.165) is 75.2 Å². The van der Waals surface area contributed by atoms with Gasteiger partial charge in [-0.15, -0.1) is 0 Å². The number of hydrogen-bond acceptors (Lipinski definition) is 13. The number of sulfonamides is 1. The molecule has 0 radical (unpaired) electrons. The molecule has 2 aromatic carbocycles. The molecule has 15 nitrogen and oxygen atoms in total. The van der Waals surface area contributed by atoms with Gasteiger partial charge in [0.05, 0.1) is 42.1 Å². The van der Waals surface area contributed by atoms with Crippen molar-refractivity contribution in [3.8, 4) is 16.9 Å². The van der Waals surface area contributed by atoms with Crippen LogP contribution in [0.1, 0.15) is 18.4 Å². The van der Waals surface area contributed by atoms with E-state index in [2.05, 4.69) is 62.1 Å². The number of ether oxygens (including phenoxy) is 1. The van der Waals surface area contributed by atoms with Gasteiger partial charge in [-0.25, -0.2) is 13.4 Å². The minimum Gasteiger partial charge on any atom is -0.494 e. The number of fused-ring (bicyclic) bond motifs is 1. The van der Waals surface area contributed by atoms with Crippen LogP contribution in [-0.2, 0) is 23.2 Å². The lowest BCUT2D eigenvalue weighted by Crippen LogP contribution is -2.52. The average Bonchev–Trinajstić information content (AvgIpc) is 3.58. The van der Waals surface area contributed by atoms with E-state index in [1.165, 1.54) is 31.6 Å². The molecule has 0 spiro atoms. The number of hydrogen-bond donors (Lipinski definition) is 3. The summed E-state index contributed by atoms with van der Waals surface area (Å²) in [5.41, 5.74) is 2.23. The van der Waals surface area contributed by atoms with E-state index >= 15 is 0 Å². The summed E-state index contributed by atoms with van der Waals surface area (Å²) < 4.78 is 77.6. The number of anilines is 6. The van der Waals surface area contributed by atoms with Crippen molar-refractivity contribution in [3.63, 3.8) is 0 Å². The molecule has 3 N–H and O–H groups in total. The maximum atomic E-state index is 14.4. The van der Waals surface area contributed by atoms with Gasteiger partial charge in [-0.3, -0.25) is 24.3 Å². The first-order chi connectivity index (χ1) is 25.8. The Bertz CT molecular complexity index is 2250. The maximum absolute atomic E-state index is 14.4. The molecule has 2 fully saturated rings. The molecular weight excluding hydrogens is 726 g/mol. The summed E-state index contributed by atoms with van der Waals surface area (Å²) in [6.07, 6.45) is 5.19. The molecule has 0 bridgehead atoms. The van der Waals surface area contributed by atoms with Gasteiger partial charge in [-0.05, 0) is 38.1 Å². The highest BCUT2D eigenvalue weighted by molar-refractivity contribution is 7.92. The Labute approximate surface area is 310 Å². The number of methoxy groups -OCH3 is 1. The van der Waals surface area contributed by atoms with Gasteiger partial charge in [-0.1, -0.05) is 0 Å². The number of aromatic nitrogens is 6. The lowest BCUT2D eigenvalue weighted by Gasteiger charge is -2.43. The highest BCUT2D eigenvalue weighted by Crippen LogP contribution is 2.43. The van der Waals surface area contributed by atoms with Gasteiger partial charge in [0.2, 0.25) is 16.0 Å². The first-order valence-corrected chi connectivity index (χ1v) is 19.2. The molecule has 54 heavy (non-hydrogen) atoms. The molecule has 2 aliphatic rings. The first kappa shape index (κ1) is 37.1. The second-order valence-corrected chi connectivity index (χ2v) is 15.3. The summed E-state index contributed by atoms with van der Waals surface area (Å²) in [4.78, 5) is 23.9. The van der Waals surface area contributed by atoms with Crippen molar-refractivity contribution in [1.82, 2.24) is 39.5 Å². The standard InChI is InChI=1S/C35H41F3N12O3S/c1-47-13-15-49(16-14-47)23-7-11-50(12-8-23)29-18-30(53-3)28(17-24(29)22-19-42-48(2)21-22)44-34-41-20-25(35(36,37)38)33(45-34)43-27-6-5-26-31(40-10-9-39-26)32(27)46-54(4,51)52/h5-6,9-10,17-21,23,46H,7-8,11-16H2,1-4H3,(H2,41,43,44,45). The lowest BCUT2D eigenvalue weighted by atomic mass is 9.98. The lowest BCUT2D eigenvalue weighted by molar-refractivity contribution is -0.137. The van der Waals surface area contributed by atoms with Gasteiger partial charge in [-0.2, -0.15) is 23.3 Å². The van der Waals surface area contributed by atoms with Gasteiger partial charge in [0.1, 0.15) is 22.6 Å². The number of nitrogens with zero attached hydrogens (tertiary/aromatic N) is 9. The number of aryl methyl sites for hydroxylation is 1. The number of benzene rings is 2. The Kier molecular flexibility index (Phi) is 10.2. The monoisotopic (exact) mass is 766 g/mol. The minimum atomic E-state index is -4.85. The van der Waals surface area contributed by atoms with Crippen LogP contribution in [0.3, 0.4) is 0 Å². The Hall–Kier alpha value is -5.27. The minimum absolute atomic E-state index is 0.0271. The molecule has 0 atom stereocenters. The van der Waals surface area contributed by atoms with E-state index in [1.54, 1.807) is 10.9 Å². The fourth-order valence-electron chi connectivity index (χ4n) is 6.97. The second kappa shape index (κ2) is 14.9. The molecular formula is C35H41F3N12O3S. The predicted octanol–water partition coefficient (Wildman–Crippen LogP) is 4.92. The van der Waals surface area contributed by atoms with Gasteiger partial charge in [0.25, 0.3) is 0 Å². The highest BCUT2D eigenvalue weighted by atomic mass is 32.2. The van der Waals surface area contributed by atoms with E-state index in [4.69, 9.17) is 4.74 Å². The summed E-state index contributed by atoms with van der Waals surface area (Å²) in [6, 6.07) is 7.20. The summed E-state index contributed by atoms with van der Waals surface area (Å²) >= 11 is 0. The molecule has 0 saturated carbocycles. The highest BCUT2D eigenvalue weighted by Gasteiger charge is 2.36. The van der Waals surface area contributed by atoms with Crippen molar-refractivity contribution in [2.24, 2.45) is 7.05 Å². The summed E-state index contributed by atoms with van der Waals surface area (Å²) in [5, 5.41) is 10.1. The number of nitrogens with one attached hydrogen (secondary N) is 3. The summed E-state index contributed by atoms with van der Waals surface area (Å²) in [5.74, 6) is -0.351. The van der Waals surface area contributed by atoms with Gasteiger partial charge in [0, 0.05) is 100 Å². The smallest absolute Gasteiger partial charge is 0.421 e. The zero-order valence-electron chi connectivity index (χ0n) is 30.2. The predicted molar refractivity (Wildman–Crippen MR) is 201 cm³/mol. The van der Waals surface area contributed by atoms with E-state index in [9.17, 15) is 21.6 Å². The molecule has 3 aromatic heterocycles. The van der Waals surface area contributed by atoms with Gasteiger partial charge >= 0.3 is 6.18 Å². The van der Waals surface area contributed by atoms with Crippen molar-refractivity contribution < 1.29 is 26.3 Å². The van der Waals surface area contributed by atoms with Gasteiger partial charge in [0.15, 0.2) is 0 Å². The normalized spacial score (nSPS) is 16.5. The van der Waals surface area contributed by atoms with E-state index in [-0.39, 0.29) is 22.8 Å². The summed E-state index contributed by atoms with van der Waals surface area (Å²) in [6.45, 7) is 5.94. The molecule has 0 amide bonds. The maximum Gasteiger partial charge on any atom is 0.421 e. The van der Waals surface area contributed by atoms with Crippen LogP contribution >= 0.6 is 0 Å². The topological polar surface area (TPSA) is 159 Å². The quantitative estimate of drug-likeness (QED) is 0.176. The van der Waals surface area contributed by atoms with Gasteiger partial charge < -0.3 is 25.2 Å². The van der Waals surface area contributed by atoms with E-state index in [1.807, 2.05) is 25.4 Å². The van der Waals surface area contributed by atoms with Crippen LogP contribution in [0.25, 0.3) is 22.2 Å². The first-order valence-electron chi connectivity index (χ1n) is 17.3. The number of alkyl halides is 3. The molecule has 5 aromatic rings. The van der Waals surface area contributed by atoms with Crippen LogP contribution in [0.2, 0.25) is 0 Å². The molecule has 2 aliphatic heterocycles. The summed E-state index contributed by atoms with van der Waals surface area (Å²) in [7, 11) is 1.63. The van der Waals surface area contributed by atoms with E-state index < -0.39 is 27.6 Å². The van der Waals surface area contributed by atoms with Crippen LogP contribution in [0.15, 0.2) is 55.2 Å². The Balaban J connectivity index is 1.23. The fourth-order valence-corrected chi connectivity index (χ4v) is 7.55. The number of halogens is 3. The van der Waals surface area contributed by atoms with Crippen LogP contribution in [0, 0.1) is 0 Å². The Morgan fingerprint density at radius 2 is 1.65 bits per heavy atom. The molecule has 0 aliphatic carbocycles. The third kappa shape index (κ3) is 8.12. The molecule has 286 valence electrons. The second-order valence-electron chi connectivity index (χ2n) is 13.5. The molecule has 0 unspecified atom stereocenters. The van der Waals surface area contributed by atoms with E-state index in [0.29, 0.717) is 29.2 Å². The Morgan fingerprint density at radius 1 is 0.907 bits per heavy atom. The van der Waals surface area contributed by atoms with Crippen LogP contribution in [-0.4, -0.2) is 114 Å². The number of piperazine rings is 1. The molecule has 7 rings (SSSR count). The SMILES string of the molecule is COc1cc(N2CCC(N3CCN(C)CC3)CC2)c(-c2cnn(C)c2)cc1Nc1ncc(C(F)(F)F)c(Nc2ccc3nccnc3c2NS(C)(=O)=O)n1. The number of rotatable bonds is 10. The van der Waals surface area contributed by atoms with Crippen molar-refractivity contribution >= 4 is 55.6 Å². The third-order valence-electron chi connectivity index (χ3n) is 9.71. The van der Waals surface area contributed by atoms with Crippen molar-refractivity contribution in [1.29, 1.82) is 0 Å². The Morgan fingerprint density at radius 3 is 2.31 bits per heavy atom. The zero-order chi connectivity index (χ0) is 38.2. The van der Waals surface area contributed by atoms with Crippen molar-refractivity contribution in [2.75, 3.05) is 79.9 Å². The largest absolute Gasteiger partial charge is 0.494 e. The number of likely N-dealkylation sites (N-methyl/N-ethyl adjacent to an activating group) is 1. The fraction of sp³-hybridized carbons (Fsp3) is 0.400. The molecule has 2 saturated heterocycles. The molecule has 19 heteroatoms. The van der Waals surface area contributed by atoms with Crippen molar-refractivity contribution in [2.45, 2.75) is 25.1 Å². The number of piperidine rings is 1.